The molecule has 138 valence electrons. The van der Waals surface area contributed by atoms with Crippen LogP contribution in [-0.4, -0.2) is 44.1 Å². The van der Waals surface area contributed by atoms with Crippen LogP contribution in [0.4, 0.5) is 5.69 Å². The quantitative estimate of drug-likeness (QED) is 0.607. The predicted octanol–water partition coefficient (Wildman–Crippen LogP) is 1.71. The van der Waals surface area contributed by atoms with Gasteiger partial charge < -0.3 is 10.2 Å². The topological polar surface area (TPSA) is 72.9 Å². The van der Waals surface area contributed by atoms with Crippen LogP contribution in [0.15, 0.2) is 24.3 Å². The number of rotatable bonds is 7. The van der Waals surface area contributed by atoms with Gasteiger partial charge >= 0.3 is 0 Å². The second kappa shape index (κ2) is 7.13. The SMILES string of the molecule is CCNCC1(c2ccc(N3CCC(N(S)S(=O)(O)=S)C3=O)cc2)CC1. The summed E-state index contributed by atoms with van der Waals surface area (Å²) >= 11 is 8.47. The summed E-state index contributed by atoms with van der Waals surface area (Å²) in [7, 11) is -3.68. The predicted molar refractivity (Wildman–Crippen MR) is 106 cm³/mol. The Morgan fingerprint density at radius 2 is 2.08 bits per heavy atom. The summed E-state index contributed by atoms with van der Waals surface area (Å²) in [5.74, 6) is -0.247. The largest absolute Gasteiger partial charge is 0.316 e. The van der Waals surface area contributed by atoms with Gasteiger partial charge in [-0.2, -0.15) is 0 Å². The Morgan fingerprint density at radius 3 is 2.60 bits per heavy atom. The Kier molecular flexibility index (Phi) is 5.44. The van der Waals surface area contributed by atoms with Crippen molar-refractivity contribution in [2.45, 2.75) is 37.6 Å². The lowest BCUT2D eigenvalue weighted by Crippen LogP contribution is -2.39. The van der Waals surface area contributed by atoms with Gasteiger partial charge in [0, 0.05) is 35.4 Å². The minimum absolute atomic E-state index is 0.235. The van der Waals surface area contributed by atoms with Gasteiger partial charge in [-0.1, -0.05) is 31.9 Å². The number of hydrogen-bond acceptors (Lipinski definition) is 5. The molecule has 6 nitrogen and oxygen atoms in total. The fourth-order valence-electron chi connectivity index (χ4n) is 3.36. The van der Waals surface area contributed by atoms with Gasteiger partial charge in [-0.25, -0.2) is 4.21 Å². The molecule has 1 aromatic rings. The van der Waals surface area contributed by atoms with Gasteiger partial charge in [0.1, 0.15) is 6.04 Å². The fraction of sp³-hybridized carbons (Fsp3) is 0.562. The Balaban J connectivity index is 1.72. The van der Waals surface area contributed by atoms with Gasteiger partial charge in [0.2, 0.25) is 14.9 Å². The van der Waals surface area contributed by atoms with E-state index in [1.807, 2.05) is 12.1 Å². The first-order valence-electron chi connectivity index (χ1n) is 8.37. The van der Waals surface area contributed by atoms with Crippen molar-refractivity contribution in [2.24, 2.45) is 0 Å². The summed E-state index contributed by atoms with van der Waals surface area (Å²) in [6.07, 6.45) is 2.79. The molecule has 0 aromatic heterocycles. The van der Waals surface area contributed by atoms with E-state index < -0.39 is 15.0 Å². The van der Waals surface area contributed by atoms with E-state index in [2.05, 4.69) is 48.4 Å². The number of carbonyl (C=O) groups excluding carboxylic acids is 1. The van der Waals surface area contributed by atoms with E-state index in [-0.39, 0.29) is 11.3 Å². The number of likely N-dealkylation sites (N-methyl/N-ethyl adjacent to an activating group) is 1. The highest BCUT2D eigenvalue weighted by molar-refractivity contribution is 8.30. The van der Waals surface area contributed by atoms with Crippen LogP contribution in [0.2, 0.25) is 0 Å². The van der Waals surface area contributed by atoms with Crippen molar-refractivity contribution in [1.82, 2.24) is 9.03 Å². The lowest BCUT2D eigenvalue weighted by molar-refractivity contribution is -0.119. The lowest BCUT2D eigenvalue weighted by atomic mass is 9.95. The molecule has 2 N–H and O–H groups in total. The Bertz CT molecular complexity index is 748. The minimum atomic E-state index is -3.68. The molecule has 0 radical (unpaired) electrons. The first-order chi connectivity index (χ1) is 11.8. The third-order valence-corrected chi connectivity index (χ3v) is 7.52. The molecule has 2 aliphatic rings. The molecule has 1 heterocycles. The molecule has 1 saturated carbocycles. The molecule has 1 amide bonds. The zero-order valence-corrected chi connectivity index (χ0v) is 16.6. The van der Waals surface area contributed by atoms with Crippen molar-refractivity contribution in [3.8, 4) is 0 Å². The summed E-state index contributed by atoms with van der Waals surface area (Å²) in [5.41, 5.74) is 2.32. The Hall–Kier alpha value is -0.710. The van der Waals surface area contributed by atoms with Gasteiger partial charge in [-0.05, 0) is 43.5 Å². The number of nitrogens with one attached hydrogen (secondary N) is 1. The van der Waals surface area contributed by atoms with Crippen molar-refractivity contribution >= 4 is 44.6 Å². The molecule has 2 unspecified atom stereocenters. The molecule has 9 heteroatoms. The van der Waals surface area contributed by atoms with E-state index in [1.54, 1.807) is 4.90 Å². The number of carbonyl (C=O) groups is 1. The Labute approximate surface area is 159 Å². The average Bonchev–Trinajstić information content (AvgIpc) is 3.28. The summed E-state index contributed by atoms with van der Waals surface area (Å²) in [4.78, 5) is 14.2. The molecule has 1 aliphatic carbocycles. The first kappa shape index (κ1) is 19.1. The molecular weight excluding hydrogens is 378 g/mol. The maximum atomic E-state index is 12.6. The number of anilines is 1. The smallest absolute Gasteiger partial charge is 0.246 e. The highest BCUT2D eigenvalue weighted by Gasteiger charge is 2.44. The van der Waals surface area contributed by atoms with Crippen LogP contribution in [0.1, 0.15) is 31.7 Å². The lowest BCUT2D eigenvalue weighted by Gasteiger charge is -2.22. The number of benzene rings is 1. The number of thiol groups is 1. The van der Waals surface area contributed by atoms with Crippen LogP contribution in [0.25, 0.3) is 0 Å². The highest BCUT2D eigenvalue weighted by atomic mass is 32.9. The minimum Gasteiger partial charge on any atom is -0.316 e. The molecule has 0 bridgehead atoms. The third kappa shape index (κ3) is 3.86. The summed E-state index contributed by atoms with van der Waals surface area (Å²) < 4.78 is 21.8. The summed E-state index contributed by atoms with van der Waals surface area (Å²) in [6, 6.07) is 7.30. The number of hydrogen-bond donors (Lipinski definition) is 3. The zero-order chi connectivity index (χ0) is 18.2. The first-order valence-corrected chi connectivity index (χ1v) is 11.2. The van der Waals surface area contributed by atoms with Crippen LogP contribution in [0, 0.1) is 0 Å². The van der Waals surface area contributed by atoms with E-state index >= 15 is 0 Å². The molecule has 0 spiro atoms. The van der Waals surface area contributed by atoms with Gasteiger partial charge in [0.05, 0.1) is 0 Å². The van der Waals surface area contributed by atoms with E-state index in [9.17, 15) is 13.6 Å². The van der Waals surface area contributed by atoms with E-state index in [4.69, 9.17) is 0 Å². The maximum Gasteiger partial charge on any atom is 0.246 e. The van der Waals surface area contributed by atoms with Crippen LogP contribution in [0.3, 0.4) is 0 Å². The van der Waals surface area contributed by atoms with E-state index in [0.29, 0.717) is 13.0 Å². The van der Waals surface area contributed by atoms with Crippen LogP contribution in [0.5, 0.6) is 0 Å². The van der Waals surface area contributed by atoms with Crippen molar-refractivity contribution in [3.63, 3.8) is 0 Å². The molecule has 1 saturated heterocycles. The molecule has 1 aliphatic heterocycles. The molecule has 1 aromatic carbocycles. The van der Waals surface area contributed by atoms with Crippen LogP contribution in [-0.2, 0) is 30.4 Å². The van der Waals surface area contributed by atoms with E-state index in [0.717, 1.165) is 22.5 Å². The average molecular weight is 402 g/mol. The van der Waals surface area contributed by atoms with Gasteiger partial charge in [0.25, 0.3) is 0 Å². The molecule has 2 atom stereocenters. The number of amides is 1. The van der Waals surface area contributed by atoms with Gasteiger partial charge in [-0.15, -0.1) is 3.71 Å². The highest BCUT2D eigenvalue weighted by Crippen LogP contribution is 2.48. The van der Waals surface area contributed by atoms with Gasteiger partial charge in [0.15, 0.2) is 0 Å². The standard InChI is InChI=1S/C16H23N3O3S3/c1-2-17-11-16(8-9-16)12-3-5-13(6-4-12)18-10-7-14(15(18)20)19(23)25(21,22)24/h3-6,14,17,23H,2,7-11H2,1H3,(H,21,22,24). The second-order valence-electron chi connectivity index (χ2n) is 6.65. The van der Waals surface area contributed by atoms with Crippen molar-refractivity contribution in [3.05, 3.63) is 29.8 Å². The number of nitrogens with zero attached hydrogens (tertiary/aromatic N) is 2. The second-order valence-corrected chi connectivity index (χ2v) is 9.95. The molecule has 3 rings (SSSR count). The maximum absolute atomic E-state index is 12.6. The van der Waals surface area contributed by atoms with E-state index in [1.165, 1.54) is 18.4 Å². The molecular formula is C16H23N3O3S3. The van der Waals surface area contributed by atoms with Gasteiger partial charge in [-0.3, -0.25) is 9.35 Å². The third-order valence-electron chi connectivity index (χ3n) is 5.04. The summed E-state index contributed by atoms with van der Waals surface area (Å²) in [5, 5.41) is 3.42. The Morgan fingerprint density at radius 1 is 1.44 bits per heavy atom. The zero-order valence-electron chi connectivity index (χ0n) is 14.1. The fourth-order valence-corrected chi connectivity index (χ4v) is 4.41. The van der Waals surface area contributed by atoms with Crippen LogP contribution < -0.4 is 10.2 Å². The van der Waals surface area contributed by atoms with Crippen LogP contribution >= 0.6 is 12.8 Å². The van der Waals surface area contributed by atoms with Crippen molar-refractivity contribution in [2.75, 3.05) is 24.5 Å². The molecule has 2 fully saturated rings. The normalized spacial score (nSPS) is 24.6. The van der Waals surface area contributed by atoms with Crippen molar-refractivity contribution in [1.29, 1.82) is 0 Å². The van der Waals surface area contributed by atoms with Crippen molar-refractivity contribution < 1.29 is 13.6 Å². The molecule has 25 heavy (non-hydrogen) atoms. The monoisotopic (exact) mass is 401 g/mol. The summed E-state index contributed by atoms with van der Waals surface area (Å²) in [6.45, 7) is 4.52.